The molecule has 0 radical (unpaired) electrons. The molecule has 0 bridgehead atoms. The highest BCUT2D eigenvalue weighted by Gasteiger charge is 2.36. The normalized spacial score (nSPS) is 16.0. The molecule has 28 heavy (non-hydrogen) atoms. The van der Waals surface area contributed by atoms with E-state index in [4.69, 9.17) is 0 Å². The van der Waals surface area contributed by atoms with Crippen LogP contribution in [0.15, 0.2) is 12.3 Å². The smallest absolute Gasteiger partial charge is 0.339 e. The molecule has 0 aromatic carbocycles. The summed E-state index contributed by atoms with van der Waals surface area (Å²) in [5.74, 6) is -0.344. The summed E-state index contributed by atoms with van der Waals surface area (Å²) >= 11 is 0. The molecule has 0 atom stereocenters. The Hall–Kier alpha value is -2.36. The Balaban J connectivity index is 1.56. The Labute approximate surface area is 161 Å². The Morgan fingerprint density at radius 3 is 2.39 bits per heavy atom. The van der Waals surface area contributed by atoms with Gasteiger partial charge in [-0.2, -0.15) is 23.4 Å². The van der Waals surface area contributed by atoms with E-state index >= 15 is 0 Å². The van der Waals surface area contributed by atoms with Crippen LogP contribution in [0.25, 0.3) is 0 Å². The Morgan fingerprint density at radius 1 is 1.14 bits per heavy atom. The zero-order valence-corrected chi connectivity index (χ0v) is 16.3. The van der Waals surface area contributed by atoms with Crippen molar-refractivity contribution < 1.29 is 18.0 Å². The van der Waals surface area contributed by atoms with Crippen LogP contribution in [0.1, 0.15) is 29.6 Å². The number of alkyl halides is 3. The molecular weight excluding hydrogens is 373 g/mol. The standard InChI is InChI=1S/C18H25F3N6O/c1-4-26-11-15(14(3)23-26)10-24-5-7-25(8-6-24)17(28)12-27-16(18(19,20)21)9-13(2)22-27/h9,11H,4-8,10,12H2,1-3H3. The predicted octanol–water partition coefficient (Wildman–Crippen LogP) is 2.08. The molecule has 2 aromatic heterocycles. The molecule has 3 rings (SSSR count). The molecule has 1 saturated heterocycles. The van der Waals surface area contributed by atoms with E-state index in [0.717, 1.165) is 35.1 Å². The first-order chi connectivity index (χ1) is 13.2. The van der Waals surface area contributed by atoms with Gasteiger partial charge in [0, 0.05) is 51.0 Å². The SMILES string of the molecule is CCn1cc(CN2CCN(C(=O)Cn3nc(C)cc3C(F)(F)F)CC2)c(C)n1. The van der Waals surface area contributed by atoms with Crippen LogP contribution in [0, 0.1) is 13.8 Å². The van der Waals surface area contributed by atoms with E-state index in [1.807, 2.05) is 24.7 Å². The van der Waals surface area contributed by atoms with E-state index < -0.39 is 18.4 Å². The van der Waals surface area contributed by atoms with Crippen molar-refractivity contribution in [2.45, 2.75) is 46.6 Å². The summed E-state index contributed by atoms with van der Waals surface area (Å²) in [6.07, 6.45) is -2.49. The third-order valence-electron chi connectivity index (χ3n) is 4.97. The van der Waals surface area contributed by atoms with Gasteiger partial charge in [0.1, 0.15) is 12.2 Å². The number of nitrogens with zero attached hydrogens (tertiary/aromatic N) is 6. The highest BCUT2D eigenvalue weighted by atomic mass is 19.4. The van der Waals surface area contributed by atoms with E-state index in [1.54, 1.807) is 4.90 Å². The zero-order valence-electron chi connectivity index (χ0n) is 16.3. The Bertz CT molecular complexity index is 833. The van der Waals surface area contributed by atoms with Gasteiger partial charge in [-0.15, -0.1) is 0 Å². The summed E-state index contributed by atoms with van der Waals surface area (Å²) in [6, 6.07) is 0.962. The van der Waals surface area contributed by atoms with Crippen molar-refractivity contribution in [3.8, 4) is 0 Å². The van der Waals surface area contributed by atoms with Crippen molar-refractivity contribution in [3.05, 3.63) is 34.9 Å². The average molecular weight is 398 g/mol. The summed E-state index contributed by atoms with van der Waals surface area (Å²) < 4.78 is 41.9. The first-order valence-corrected chi connectivity index (χ1v) is 9.32. The number of carbonyl (C=O) groups excluding carboxylic acids is 1. The van der Waals surface area contributed by atoms with Gasteiger partial charge >= 0.3 is 6.18 Å². The highest BCUT2D eigenvalue weighted by molar-refractivity contribution is 5.76. The summed E-state index contributed by atoms with van der Waals surface area (Å²) in [7, 11) is 0. The van der Waals surface area contributed by atoms with E-state index in [-0.39, 0.29) is 11.6 Å². The fourth-order valence-electron chi connectivity index (χ4n) is 3.39. The highest BCUT2D eigenvalue weighted by Crippen LogP contribution is 2.29. The fourth-order valence-corrected chi connectivity index (χ4v) is 3.39. The quantitative estimate of drug-likeness (QED) is 0.774. The van der Waals surface area contributed by atoms with Gasteiger partial charge in [0.2, 0.25) is 5.91 Å². The van der Waals surface area contributed by atoms with Crippen LogP contribution >= 0.6 is 0 Å². The molecule has 154 valence electrons. The van der Waals surface area contributed by atoms with Gasteiger partial charge in [0.25, 0.3) is 0 Å². The lowest BCUT2D eigenvalue weighted by molar-refractivity contribution is -0.146. The van der Waals surface area contributed by atoms with Crippen LogP contribution in [-0.2, 0) is 30.6 Å². The minimum Gasteiger partial charge on any atom is -0.339 e. The molecule has 0 aliphatic carbocycles. The number of hydrogen-bond acceptors (Lipinski definition) is 4. The van der Waals surface area contributed by atoms with Gasteiger partial charge in [-0.05, 0) is 26.8 Å². The van der Waals surface area contributed by atoms with Crippen LogP contribution in [0.4, 0.5) is 13.2 Å². The first-order valence-electron chi connectivity index (χ1n) is 9.32. The fraction of sp³-hybridized carbons (Fsp3) is 0.611. The molecule has 1 amide bonds. The van der Waals surface area contributed by atoms with Gasteiger partial charge < -0.3 is 4.90 Å². The van der Waals surface area contributed by atoms with Gasteiger partial charge in [-0.25, -0.2) is 0 Å². The van der Waals surface area contributed by atoms with Gasteiger partial charge in [0.15, 0.2) is 0 Å². The number of aromatic nitrogens is 4. The molecule has 0 N–H and O–H groups in total. The molecular formula is C18H25F3N6O. The van der Waals surface area contributed by atoms with Crippen LogP contribution in [-0.4, -0.2) is 61.4 Å². The van der Waals surface area contributed by atoms with Crippen LogP contribution in [0.2, 0.25) is 0 Å². The van der Waals surface area contributed by atoms with Crippen molar-refractivity contribution in [1.82, 2.24) is 29.4 Å². The molecule has 3 heterocycles. The number of carbonyl (C=O) groups is 1. The molecule has 10 heteroatoms. The number of hydrogen-bond donors (Lipinski definition) is 0. The minimum absolute atomic E-state index is 0.243. The molecule has 0 unspecified atom stereocenters. The van der Waals surface area contributed by atoms with E-state index in [1.165, 1.54) is 6.92 Å². The second-order valence-electron chi connectivity index (χ2n) is 7.08. The number of rotatable bonds is 5. The Morgan fingerprint density at radius 2 is 1.82 bits per heavy atom. The molecule has 2 aromatic rings. The maximum Gasteiger partial charge on any atom is 0.433 e. The third kappa shape index (κ3) is 4.54. The van der Waals surface area contributed by atoms with Crippen molar-refractivity contribution in [3.63, 3.8) is 0 Å². The second kappa shape index (κ2) is 7.94. The van der Waals surface area contributed by atoms with Crippen LogP contribution in [0.5, 0.6) is 0 Å². The van der Waals surface area contributed by atoms with Crippen molar-refractivity contribution in [2.24, 2.45) is 0 Å². The molecule has 0 saturated carbocycles. The van der Waals surface area contributed by atoms with E-state index in [9.17, 15) is 18.0 Å². The van der Waals surface area contributed by atoms with Gasteiger partial charge in [-0.1, -0.05) is 0 Å². The monoisotopic (exact) mass is 398 g/mol. The zero-order chi connectivity index (χ0) is 20.5. The summed E-state index contributed by atoms with van der Waals surface area (Å²) in [4.78, 5) is 16.3. The van der Waals surface area contributed by atoms with E-state index in [0.29, 0.717) is 26.2 Å². The summed E-state index contributed by atoms with van der Waals surface area (Å²) in [5.41, 5.74) is 1.51. The van der Waals surface area contributed by atoms with Crippen LogP contribution in [0.3, 0.4) is 0 Å². The lowest BCUT2D eigenvalue weighted by Crippen LogP contribution is -2.49. The summed E-state index contributed by atoms with van der Waals surface area (Å²) in [5, 5.41) is 8.27. The predicted molar refractivity (Wildman–Crippen MR) is 96.5 cm³/mol. The molecule has 0 spiro atoms. The third-order valence-corrected chi connectivity index (χ3v) is 4.97. The second-order valence-corrected chi connectivity index (χ2v) is 7.08. The average Bonchev–Trinajstić information content (AvgIpc) is 3.17. The topological polar surface area (TPSA) is 59.2 Å². The number of halogens is 3. The molecule has 1 fully saturated rings. The van der Waals surface area contributed by atoms with Gasteiger partial charge in [0.05, 0.1) is 11.4 Å². The van der Waals surface area contributed by atoms with Crippen LogP contribution < -0.4 is 0 Å². The Kier molecular flexibility index (Phi) is 5.78. The maximum absolute atomic E-state index is 13.1. The molecule has 1 aliphatic heterocycles. The molecule has 7 nitrogen and oxygen atoms in total. The number of amides is 1. The number of aryl methyl sites for hydroxylation is 3. The lowest BCUT2D eigenvalue weighted by atomic mass is 10.2. The largest absolute Gasteiger partial charge is 0.433 e. The van der Waals surface area contributed by atoms with Crippen molar-refractivity contribution >= 4 is 5.91 Å². The lowest BCUT2D eigenvalue weighted by Gasteiger charge is -2.34. The minimum atomic E-state index is -4.53. The number of piperazine rings is 1. The molecule has 1 aliphatic rings. The maximum atomic E-state index is 13.1. The first kappa shape index (κ1) is 20.4. The van der Waals surface area contributed by atoms with E-state index in [2.05, 4.69) is 15.1 Å². The van der Waals surface area contributed by atoms with Crippen molar-refractivity contribution in [1.29, 1.82) is 0 Å². The van der Waals surface area contributed by atoms with Gasteiger partial charge in [-0.3, -0.25) is 19.1 Å². The van der Waals surface area contributed by atoms with Crippen molar-refractivity contribution in [2.75, 3.05) is 26.2 Å². The summed E-state index contributed by atoms with van der Waals surface area (Å²) in [6.45, 7) is 8.99.